The van der Waals surface area contributed by atoms with Crippen LogP contribution in [0.1, 0.15) is 11.1 Å². The highest BCUT2D eigenvalue weighted by Gasteiger charge is 2.12. The molecule has 6 heteroatoms. The maximum absolute atomic E-state index is 5.42. The number of benzene rings is 1. The van der Waals surface area contributed by atoms with Crippen molar-refractivity contribution in [1.29, 1.82) is 0 Å². The van der Waals surface area contributed by atoms with Crippen LogP contribution in [0, 0.1) is 6.92 Å². The molecule has 2 rings (SSSR count). The van der Waals surface area contributed by atoms with Gasteiger partial charge < -0.3 is 19.5 Å². The zero-order chi connectivity index (χ0) is 16.1. The number of pyridine rings is 1. The van der Waals surface area contributed by atoms with E-state index in [-0.39, 0.29) is 0 Å². The number of rotatable bonds is 6. The summed E-state index contributed by atoms with van der Waals surface area (Å²) < 4.78 is 17.0. The normalized spacial score (nSPS) is 10.2. The maximum Gasteiger partial charge on any atom is 0.164 e. The van der Waals surface area contributed by atoms with Crippen LogP contribution in [0.5, 0.6) is 17.2 Å². The molecular weight excluding hydrogens is 348 g/mol. The highest BCUT2D eigenvalue weighted by atomic mass is 79.9. The second-order valence-electron chi connectivity index (χ2n) is 4.69. The van der Waals surface area contributed by atoms with Crippen LogP contribution in [0.3, 0.4) is 0 Å². The molecule has 0 aliphatic rings. The predicted molar refractivity (Wildman–Crippen MR) is 90.1 cm³/mol. The van der Waals surface area contributed by atoms with Gasteiger partial charge in [0.25, 0.3) is 0 Å². The molecule has 1 N–H and O–H groups in total. The summed E-state index contributed by atoms with van der Waals surface area (Å²) in [6.45, 7) is 2.57. The smallest absolute Gasteiger partial charge is 0.164 e. The van der Waals surface area contributed by atoms with E-state index in [0.29, 0.717) is 18.0 Å². The van der Waals surface area contributed by atoms with Crippen LogP contribution in [0.25, 0.3) is 0 Å². The fraction of sp³-hybridized carbons (Fsp3) is 0.312. The van der Waals surface area contributed by atoms with Crippen LogP contribution in [0.15, 0.2) is 28.9 Å². The lowest BCUT2D eigenvalue weighted by atomic mass is 10.1. The second-order valence-corrected chi connectivity index (χ2v) is 5.61. The number of hydrogen-bond donors (Lipinski definition) is 1. The Bertz CT molecular complexity index is 662. The number of nitrogens with one attached hydrogen (secondary N) is 1. The first-order valence-electron chi connectivity index (χ1n) is 6.74. The van der Waals surface area contributed by atoms with Gasteiger partial charge >= 0.3 is 0 Å². The first-order valence-corrected chi connectivity index (χ1v) is 7.53. The Morgan fingerprint density at radius 2 is 1.64 bits per heavy atom. The molecule has 0 saturated carbocycles. The molecular formula is C16H19BrN2O3. The zero-order valence-corrected chi connectivity index (χ0v) is 14.7. The van der Waals surface area contributed by atoms with Gasteiger partial charge in [0.1, 0.15) is 11.6 Å². The van der Waals surface area contributed by atoms with Crippen molar-refractivity contribution >= 4 is 21.7 Å². The minimum atomic E-state index is 0.568. The molecule has 0 aliphatic heterocycles. The predicted octanol–water partition coefficient (Wildman–Crippen LogP) is 3.79. The number of aromatic nitrogens is 1. The maximum atomic E-state index is 5.42. The van der Waals surface area contributed by atoms with Crippen LogP contribution in [0.4, 0.5) is 5.82 Å². The lowest BCUT2D eigenvalue weighted by Gasteiger charge is -2.15. The SMILES string of the molecule is COc1cc(OC)c(OC)cc1CNc1ncc(Br)cc1C. The molecule has 1 heterocycles. The van der Waals surface area contributed by atoms with E-state index in [1.165, 1.54) is 0 Å². The van der Waals surface area contributed by atoms with Gasteiger partial charge in [0.15, 0.2) is 11.5 Å². The summed E-state index contributed by atoms with van der Waals surface area (Å²) >= 11 is 3.41. The molecule has 0 fully saturated rings. The molecule has 0 unspecified atom stereocenters. The molecule has 1 aromatic carbocycles. The van der Waals surface area contributed by atoms with Gasteiger partial charge in [-0.25, -0.2) is 4.98 Å². The monoisotopic (exact) mass is 366 g/mol. The van der Waals surface area contributed by atoms with Crippen LogP contribution < -0.4 is 19.5 Å². The molecule has 0 amide bonds. The van der Waals surface area contributed by atoms with E-state index >= 15 is 0 Å². The minimum absolute atomic E-state index is 0.568. The van der Waals surface area contributed by atoms with Gasteiger partial charge in [-0.1, -0.05) is 0 Å². The van der Waals surface area contributed by atoms with Crippen molar-refractivity contribution in [1.82, 2.24) is 4.98 Å². The largest absolute Gasteiger partial charge is 0.496 e. The van der Waals surface area contributed by atoms with E-state index < -0.39 is 0 Å². The molecule has 0 atom stereocenters. The van der Waals surface area contributed by atoms with E-state index in [2.05, 4.69) is 26.2 Å². The Labute approximate surface area is 138 Å². The molecule has 22 heavy (non-hydrogen) atoms. The third-order valence-corrected chi connectivity index (χ3v) is 3.71. The van der Waals surface area contributed by atoms with Crippen molar-refractivity contribution in [2.75, 3.05) is 26.6 Å². The number of anilines is 1. The number of halogens is 1. The van der Waals surface area contributed by atoms with Crippen LogP contribution in [0.2, 0.25) is 0 Å². The highest BCUT2D eigenvalue weighted by Crippen LogP contribution is 2.35. The Morgan fingerprint density at radius 1 is 1.00 bits per heavy atom. The molecule has 0 aliphatic carbocycles. The van der Waals surface area contributed by atoms with Crippen molar-refractivity contribution in [2.24, 2.45) is 0 Å². The van der Waals surface area contributed by atoms with E-state index in [9.17, 15) is 0 Å². The molecule has 1 aromatic heterocycles. The lowest BCUT2D eigenvalue weighted by molar-refractivity contribution is 0.347. The van der Waals surface area contributed by atoms with Gasteiger partial charge in [-0.05, 0) is 40.5 Å². The Hall–Kier alpha value is -1.95. The lowest BCUT2D eigenvalue weighted by Crippen LogP contribution is -2.05. The average molecular weight is 367 g/mol. The number of methoxy groups -OCH3 is 3. The Balaban J connectivity index is 2.24. The van der Waals surface area contributed by atoms with E-state index in [1.54, 1.807) is 27.5 Å². The van der Waals surface area contributed by atoms with Gasteiger partial charge in [-0.15, -0.1) is 0 Å². The zero-order valence-electron chi connectivity index (χ0n) is 13.1. The van der Waals surface area contributed by atoms with Gasteiger partial charge in [0.2, 0.25) is 0 Å². The van der Waals surface area contributed by atoms with Crippen LogP contribution >= 0.6 is 15.9 Å². The molecule has 0 bridgehead atoms. The highest BCUT2D eigenvalue weighted by molar-refractivity contribution is 9.10. The van der Waals surface area contributed by atoms with Gasteiger partial charge in [-0.2, -0.15) is 0 Å². The van der Waals surface area contributed by atoms with Crippen molar-refractivity contribution in [2.45, 2.75) is 13.5 Å². The summed E-state index contributed by atoms with van der Waals surface area (Å²) in [5.41, 5.74) is 2.03. The summed E-state index contributed by atoms with van der Waals surface area (Å²) in [5.74, 6) is 2.88. The van der Waals surface area contributed by atoms with Crippen molar-refractivity contribution in [3.63, 3.8) is 0 Å². The number of nitrogens with zero attached hydrogens (tertiary/aromatic N) is 1. The summed E-state index contributed by atoms with van der Waals surface area (Å²) in [7, 11) is 4.85. The fourth-order valence-corrected chi connectivity index (χ4v) is 2.58. The third kappa shape index (κ3) is 3.62. The van der Waals surface area contributed by atoms with Crippen LogP contribution in [-0.4, -0.2) is 26.3 Å². The van der Waals surface area contributed by atoms with Gasteiger partial charge in [-0.3, -0.25) is 0 Å². The standard InChI is InChI=1S/C16H19BrN2O3/c1-10-5-12(17)9-19-16(10)18-8-11-6-14(21-3)15(22-4)7-13(11)20-2/h5-7,9H,8H2,1-4H3,(H,18,19). The Morgan fingerprint density at radius 3 is 2.23 bits per heavy atom. The first-order chi connectivity index (χ1) is 10.6. The molecule has 0 spiro atoms. The van der Waals surface area contributed by atoms with E-state index in [4.69, 9.17) is 14.2 Å². The van der Waals surface area contributed by atoms with Gasteiger partial charge in [0.05, 0.1) is 21.3 Å². The molecule has 0 radical (unpaired) electrons. The first kappa shape index (κ1) is 16.4. The second kappa shape index (κ2) is 7.35. The van der Waals surface area contributed by atoms with E-state index in [0.717, 1.165) is 27.2 Å². The van der Waals surface area contributed by atoms with Crippen molar-refractivity contribution in [3.05, 3.63) is 40.0 Å². The van der Waals surface area contributed by atoms with Crippen molar-refractivity contribution in [3.8, 4) is 17.2 Å². The quantitative estimate of drug-likeness (QED) is 0.842. The third-order valence-electron chi connectivity index (χ3n) is 3.28. The molecule has 0 saturated heterocycles. The Kier molecular flexibility index (Phi) is 5.49. The van der Waals surface area contributed by atoms with Gasteiger partial charge in [0, 0.05) is 28.8 Å². The fourth-order valence-electron chi connectivity index (χ4n) is 2.14. The molecule has 118 valence electrons. The topological polar surface area (TPSA) is 52.6 Å². The summed E-state index contributed by atoms with van der Waals surface area (Å²) in [5, 5.41) is 3.31. The van der Waals surface area contributed by atoms with Crippen LogP contribution in [-0.2, 0) is 6.54 Å². The summed E-state index contributed by atoms with van der Waals surface area (Å²) in [6, 6.07) is 5.73. The molecule has 2 aromatic rings. The number of ether oxygens (including phenoxy) is 3. The summed E-state index contributed by atoms with van der Waals surface area (Å²) in [6.07, 6.45) is 1.77. The number of aryl methyl sites for hydroxylation is 1. The molecule has 5 nitrogen and oxygen atoms in total. The summed E-state index contributed by atoms with van der Waals surface area (Å²) in [4.78, 5) is 4.37. The number of hydrogen-bond acceptors (Lipinski definition) is 5. The van der Waals surface area contributed by atoms with Crippen molar-refractivity contribution < 1.29 is 14.2 Å². The average Bonchev–Trinajstić information content (AvgIpc) is 2.53. The van der Waals surface area contributed by atoms with E-state index in [1.807, 2.05) is 25.1 Å². The minimum Gasteiger partial charge on any atom is -0.496 e.